The molecule has 2 aromatic carbocycles. The Labute approximate surface area is 161 Å². The SMILES string of the molecule is NC(=O)C1=CNC(Nc2ccc(N)cc2)C=C1NCc1cccc([N+](=O)[O-])c1. The monoisotopic (exact) mass is 380 g/mol. The minimum absolute atomic E-state index is 0.00662. The molecule has 1 atom stereocenters. The summed E-state index contributed by atoms with van der Waals surface area (Å²) < 4.78 is 0. The Morgan fingerprint density at radius 3 is 2.64 bits per heavy atom. The average molecular weight is 380 g/mol. The Morgan fingerprint density at radius 2 is 1.96 bits per heavy atom. The highest BCUT2D eigenvalue weighted by Crippen LogP contribution is 2.18. The van der Waals surface area contributed by atoms with Gasteiger partial charge in [-0.05, 0) is 35.9 Å². The lowest BCUT2D eigenvalue weighted by atomic mass is 10.1. The van der Waals surface area contributed by atoms with E-state index in [1.54, 1.807) is 30.3 Å². The van der Waals surface area contributed by atoms with E-state index in [0.29, 0.717) is 29.1 Å². The first-order valence-corrected chi connectivity index (χ1v) is 8.50. The number of dihydropyridines is 1. The number of nitrogens with two attached hydrogens (primary N) is 2. The van der Waals surface area contributed by atoms with E-state index in [1.807, 2.05) is 12.1 Å². The van der Waals surface area contributed by atoms with Crippen LogP contribution in [0.25, 0.3) is 0 Å². The van der Waals surface area contributed by atoms with Crippen LogP contribution in [0.3, 0.4) is 0 Å². The molecule has 1 aliphatic heterocycles. The minimum Gasteiger partial charge on any atom is -0.399 e. The normalized spacial score (nSPS) is 15.6. The summed E-state index contributed by atoms with van der Waals surface area (Å²) in [6.07, 6.45) is 3.03. The van der Waals surface area contributed by atoms with Crippen LogP contribution in [0.1, 0.15) is 5.56 Å². The third kappa shape index (κ3) is 4.58. The summed E-state index contributed by atoms with van der Waals surface area (Å²) in [6.45, 7) is 0.298. The number of nitro groups is 1. The second kappa shape index (κ2) is 8.12. The number of nitrogen functional groups attached to an aromatic ring is 1. The van der Waals surface area contributed by atoms with Crippen molar-refractivity contribution in [1.29, 1.82) is 0 Å². The number of primary amides is 1. The topological polar surface area (TPSA) is 148 Å². The number of anilines is 2. The molecule has 9 nitrogen and oxygen atoms in total. The highest BCUT2D eigenvalue weighted by Gasteiger charge is 2.19. The van der Waals surface area contributed by atoms with Crippen molar-refractivity contribution in [2.75, 3.05) is 11.1 Å². The Hall–Kier alpha value is -4.01. The molecule has 0 radical (unpaired) electrons. The van der Waals surface area contributed by atoms with Crippen LogP contribution in [0.5, 0.6) is 0 Å². The van der Waals surface area contributed by atoms with Gasteiger partial charge in [0.05, 0.1) is 10.5 Å². The number of rotatable bonds is 7. The van der Waals surface area contributed by atoms with E-state index in [9.17, 15) is 14.9 Å². The van der Waals surface area contributed by atoms with Gasteiger partial charge in [0.15, 0.2) is 0 Å². The molecule has 0 saturated carbocycles. The van der Waals surface area contributed by atoms with Crippen molar-refractivity contribution >= 4 is 23.0 Å². The lowest BCUT2D eigenvalue weighted by Crippen LogP contribution is -2.38. The number of amides is 1. The van der Waals surface area contributed by atoms with Crippen molar-refractivity contribution in [3.8, 4) is 0 Å². The summed E-state index contributed by atoms with van der Waals surface area (Å²) in [5.41, 5.74) is 14.2. The summed E-state index contributed by atoms with van der Waals surface area (Å²) in [6, 6.07) is 13.5. The molecule has 1 unspecified atom stereocenters. The minimum atomic E-state index is -0.587. The predicted octanol–water partition coefficient (Wildman–Crippen LogP) is 1.56. The quantitative estimate of drug-likeness (QED) is 0.278. The van der Waals surface area contributed by atoms with Crippen molar-refractivity contribution in [2.45, 2.75) is 12.7 Å². The van der Waals surface area contributed by atoms with Gasteiger partial charge in [0.2, 0.25) is 0 Å². The molecule has 1 amide bonds. The first-order valence-electron chi connectivity index (χ1n) is 8.50. The van der Waals surface area contributed by atoms with Gasteiger partial charge in [0.25, 0.3) is 11.6 Å². The lowest BCUT2D eigenvalue weighted by Gasteiger charge is -2.25. The van der Waals surface area contributed by atoms with Crippen LogP contribution in [-0.2, 0) is 11.3 Å². The third-order valence-electron chi connectivity index (χ3n) is 4.13. The fourth-order valence-corrected chi connectivity index (χ4v) is 2.73. The van der Waals surface area contributed by atoms with Crippen molar-refractivity contribution in [3.05, 3.63) is 87.8 Å². The number of benzene rings is 2. The number of nitrogens with one attached hydrogen (secondary N) is 3. The standard InChI is InChI=1S/C19H20N6O3/c20-13-4-6-14(7-5-13)24-18-9-17(16(11-23-18)19(21)26)22-10-12-2-1-3-15(8-12)25(27)28/h1-9,11,18,22-24H,10,20H2,(H2,21,26). The molecule has 2 aromatic rings. The first-order chi connectivity index (χ1) is 13.4. The molecule has 1 heterocycles. The second-order valence-corrected chi connectivity index (χ2v) is 6.19. The van der Waals surface area contributed by atoms with Crippen molar-refractivity contribution < 1.29 is 9.72 Å². The highest BCUT2D eigenvalue weighted by molar-refractivity contribution is 5.96. The van der Waals surface area contributed by atoms with Crippen LogP contribution in [0.4, 0.5) is 17.1 Å². The molecule has 0 bridgehead atoms. The zero-order chi connectivity index (χ0) is 20.1. The molecule has 1 aliphatic rings. The molecule has 0 fully saturated rings. The number of carbonyl (C=O) groups is 1. The smallest absolute Gasteiger partial charge is 0.269 e. The van der Waals surface area contributed by atoms with Crippen LogP contribution in [-0.4, -0.2) is 17.0 Å². The van der Waals surface area contributed by atoms with Gasteiger partial charge in [-0.2, -0.15) is 0 Å². The molecule has 3 rings (SSSR count). The van der Waals surface area contributed by atoms with E-state index < -0.39 is 10.8 Å². The Morgan fingerprint density at radius 1 is 1.21 bits per heavy atom. The van der Waals surface area contributed by atoms with E-state index in [2.05, 4.69) is 16.0 Å². The summed E-state index contributed by atoms with van der Waals surface area (Å²) in [7, 11) is 0. The Balaban J connectivity index is 1.74. The summed E-state index contributed by atoms with van der Waals surface area (Å²) in [4.78, 5) is 22.2. The maximum atomic E-state index is 11.7. The maximum Gasteiger partial charge on any atom is 0.269 e. The molecule has 0 saturated heterocycles. The van der Waals surface area contributed by atoms with Gasteiger partial charge in [-0.1, -0.05) is 12.1 Å². The van der Waals surface area contributed by atoms with Gasteiger partial charge in [0, 0.05) is 41.9 Å². The first kappa shape index (κ1) is 18.8. The molecule has 0 spiro atoms. The van der Waals surface area contributed by atoms with Crippen LogP contribution >= 0.6 is 0 Å². The second-order valence-electron chi connectivity index (χ2n) is 6.19. The van der Waals surface area contributed by atoms with E-state index in [0.717, 1.165) is 5.69 Å². The van der Waals surface area contributed by atoms with Crippen molar-refractivity contribution in [2.24, 2.45) is 5.73 Å². The molecular weight excluding hydrogens is 360 g/mol. The number of carbonyl (C=O) groups excluding carboxylic acids is 1. The molecule has 144 valence electrons. The van der Waals surface area contributed by atoms with E-state index in [-0.39, 0.29) is 11.9 Å². The zero-order valence-corrected chi connectivity index (χ0v) is 14.9. The molecular formula is C19H20N6O3. The van der Waals surface area contributed by atoms with Crippen LogP contribution in [0.15, 0.2) is 72.1 Å². The van der Waals surface area contributed by atoms with E-state index in [4.69, 9.17) is 11.5 Å². The summed E-state index contributed by atoms with van der Waals surface area (Å²) >= 11 is 0. The molecule has 28 heavy (non-hydrogen) atoms. The summed E-state index contributed by atoms with van der Waals surface area (Å²) in [5.74, 6) is -0.587. The fraction of sp³-hybridized carbons (Fsp3) is 0.105. The average Bonchev–Trinajstić information content (AvgIpc) is 2.68. The van der Waals surface area contributed by atoms with Crippen LogP contribution in [0.2, 0.25) is 0 Å². The summed E-state index contributed by atoms with van der Waals surface area (Å²) in [5, 5.41) is 20.4. The lowest BCUT2D eigenvalue weighted by molar-refractivity contribution is -0.384. The zero-order valence-electron chi connectivity index (χ0n) is 14.9. The Bertz CT molecular complexity index is 952. The van der Waals surface area contributed by atoms with Gasteiger partial charge in [-0.3, -0.25) is 14.9 Å². The van der Waals surface area contributed by atoms with E-state index in [1.165, 1.54) is 18.3 Å². The molecule has 0 aromatic heterocycles. The third-order valence-corrected chi connectivity index (χ3v) is 4.13. The molecule has 0 aliphatic carbocycles. The van der Waals surface area contributed by atoms with Gasteiger partial charge in [-0.15, -0.1) is 0 Å². The fourth-order valence-electron chi connectivity index (χ4n) is 2.73. The van der Waals surface area contributed by atoms with Crippen molar-refractivity contribution in [1.82, 2.24) is 10.6 Å². The number of nitrogens with zero attached hydrogens (tertiary/aromatic N) is 1. The highest BCUT2D eigenvalue weighted by atomic mass is 16.6. The molecule has 9 heteroatoms. The largest absolute Gasteiger partial charge is 0.399 e. The number of non-ortho nitro benzene ring substituents is 1. The van der Waals surface area contributed by atoms with Gasteiger partial charge >= 0.3 is 0 Å². The predicted molar refractivity (Wildman–Crippen MR) is 107 cm³/mol. The molecule has 7 N–H and O–H groups in total. The van der Waals surface area contributed by atoms with Crippen molar-refractivity contribution in [3.63, 3.8) is 0 Å². The maximum absolute atomic E-state index is 11.7. The number of hydrogen-bond acceptors (Lipinski definition) is 7. The van der Waals surface area contributed by atoms with Gasteiger partial charge < -0.3 is 27.4 Å². The van der Waals surface area contributed by atoms with Gasteiger partial charge in [-0.25, -0.2) is 0 Å². The van der Waals surface area contributed by atoms with Crippen LogP contribution in [0, 0.1) is 10.1 Å². The van der Waals surface area contributed by atoms with E-state index >= 15 is 0 Å². The van der Waals surface area contributed by atoms with Crippen LogP contribution < -0.4 is 27.4 Å². The Kier molecular flexibility index (Phi) is 5.45. The number of hydrogen-bond donors (Lipinski definition) is 5. The van der Waals surface area contributed by atoms with Gasteiger partial charge in [0.1, 0.15) is 6.17 Å². The number of nitro benzene ring substituents is 1.